The van der Waals surface area contributed by atoms with E-state index in [0.717, 1.165) is 19.4 Å². The number of rotatable bonds is 7. The van der Waals surface area contributed by atoms with Gasteiger partial charge in [-0.25, -0.2) is 4.98 Å². The van der Waals surface area contributed by atoms with Gasteiger partial charge < -0.3 is 10.5 Å². The molecule has 0 spiro atoms. The van der Waals surface area contributed by atoms with Gasteiger partial charge in [0.05, 0.1) is 5.60 Å². The van der Waals surface area contributed by atoms with Crippen LogP contribution >= 0.6 is 11.3 Å². The fraction of sp³-hybridized carbons (Fsp3) is 0.769. The molecule has 1 aromatic heterocycles. The smallest absolute Gasteiger partial charge is 0.180 e. The van der Waals surface area contributed by atoms with Crippen molar-refractivity contribution in [3.05, 3.63) is 11.1 Å². The van der Waals surface area contributed by atoms with E-state index in [2.05, 4.69) is 25.8 Å². The van der Waals surface area contributed by atoms with Crippen LogP contribution < -0.4 is 5.73 Å². The summed E-state index contributed by atoms with van der Waals surface area (Å²) in [6.45, 7) is 9.39. The molecule has 0 saturated heterocycles. The highest BCUT2D eigenvalue weighted by Crippen LogP contribution is 2.29. The zero-order valence-corrected chi connectivity index (χ0v) is 12.1. The highest BCUT2D eigenvalue weighted by atomic mass is 32.1. The molecule has 0 bridgehead atoms. The first-order valence-electron chi connectivity index (χ1n) is 6.30. The Morgan fingerprint density at radius 2 is 2.24 bits per heavy atom. The van der Waals surface area contributed by atoms with Crippen LogP contribution in [0.1, 0.15) is 57.8 Å². The molecular formula is C13H24N2OS. The van der Waals surface area contributed by atoms with E-state index in [1.807, 2.05) is 13.1 Å². The third-order valence-electron chi connectivity index (χ3n) is 2.98. The predicted molar refractivity (Wildman–Crippen MR) is 74.5 cm³/mol. The fourth-order valence-corrected chi connectivity index (χ4v) is 2.74. The molecule has 0 aliphatic heterocycles. The van der Waals surface area contributed by atoms with E-state index in [0.29, 0.717) is 11.0 Å². The molecule has 0 aliphatic rings. The quantitative estimate of drug-likeness (QED) is 0.807. The van der Waals surface area contributed by atoms with E-state index in [-0.39, 0.29) is 5.60 Å². The molecule has 2 N–H and O–H groups in total. The van der Waals surface area contributed by atoms with Crippen molar-refractivity contribution in [3.63, 3.8) is 0 Å². The van der Waals surface area contributed by atoms with Crippen LogP contribution in [-0.2, 0) is 4.74 Å². The average Bonchev–Trinajstić information content (AvgIpc) is 2.64. The van der Waals surface area contributed by atoms with Gasteiger partial charge in [-0.3, -0.25) is 0 Å². The molecule has 17 heavy (non-hydrogen) atoms. The molecule has 0 fully saturated rings. The molecule has 4 heteroatoms. The summed E-state index contributed by atoms with van der Waals surface area (Å²) in [7, 11) is 0. The van der Waals surface area contributed by atoms with Gasteiger partial charge in [-0.05, 0) is 46.0 Å². The largest absolute Gasteiger partial charge is 0.376 e. The van der Waals surface area contributed by atoms with Crippen LogP contribution in [0.25, 0.3) is 0 Å². The molecule has 1 aromatic rings. The predicted octanol–water partition coefficient (Wildman–Crippen LogP) is 3.81. The van der Waals surface area contributed by atoms with Crippen molar-refractivity contribution in [2.75, 3.05) is 12.3 Å². The van der Waals surface area contributed by atoms with Crippen LogP contribution in [0.5, 0.6) is 0 Å². The number of anilines is 1. The summed E-state index contributed by atoms with van der Waals surface area (Å²) in [5.74, 6) is 0.544. The third-order valence-corrected chi connectivity index (χ3v) is 4.04. The number of nitrogen functional groups attached to an aromatic ring is 1. The first kappa shape index (κ1) is 14.5. The molecule has 3 nitrogen and oxygen atoms in total. The molecule has 0 radical (unpaired) electrons. The average molecular weight is 256 g/mol. The fourth-order valence-electron chi connectivity index (χ4n) is 1.97. The maximum Gasteiger partial charge on any atom is 0.180 e. The Bertz CT molecular complexity index is 336. The van der Waals surface area contributed by atoms with Crippen LogP contribution in [0, 0.1) is 0 Å². The van der Waals surface area contributed by atoms with Gasteiger partial charge in [0.2, 0.25) is 0 Å². The van der Waals surface area contributed by atoms with Gasteiger partial charge in [0.15, 0.2) is 5.13 Å². The van der Waals surface area contributed by atoms with Crippen LogP contribution in [0.3, 0.4) is 0 Å². The molecule has 0 amide bonds. The minimum absolute atomic E-state index is 0.00119. The molecule has 1 unspecified atom stereocenters. The Labute approximate surface area is 108 Å². The lowest BCUT2D eigenvalue weighted by Gasteiger charge is -2.25. The number of aromatic nitrogens is 1. The number of thiazole rings is 1. The van der Waals surface area contributed by atoms with Crippen LogP contribution in [0.2, 0.25) is 0 Å². The van der Waals surface area contributed by atoms with Crippen molar-refractivity contribution in [1.82, 2.24) is 4.98 Å². The van der Waals surface area contributed by atoms with Crippen molar-refractivity contribution in [1.29, 1.82) is 0 Å². The standard InChI is InChI=1S/C13H24N2OS/c1-5-16-13(3,4)8-6-7-10(2)11-9-15-12(14)17-11/h9-10H,5-8H2,1-4H3,(H2,14,15). The highest BCUT2D eigenvalue weighted by Gasteiger charge is 2.18. The SMILES string of the molecule is CCOC(C)(C)CCCC(C)c1cnc(N)s1. The van der Waals surface area contributed by atoms with Crippen molar-refractivity contribution >= 4 is 16.5 Å². The third kappa shape index (κ3) is 5.04. The number of nitrogens with two attached hydrogens (primary N) is 1. The molecule has 0 saturated carbocycles. The minimum Gasteiger partial charge on any atom is -0.376 e. The molecule has 0 aromatic carbocycles. The zero-order chi connectivity index (χ0) is 12.9. The summed E-state index contributed by atoms with van der Waals surface area (Å²) < 4.78 is 5.69. The Kier molecular flexibility index (Phi) is 5.40. The van der Waals surface area contributed by atoms with Crippen molar-refractivity contribution in [3.8, 4) is 0 Å². The molecule has 0 aliphatic carbocycles. The zero-order valence-electron chi connectivity index (χ0n) is 11.3. The van der Waals surface area contributed by atoms with Crippen molar-refractivity contribution < 1.29 is 4.74 Å². The van der Waals surface area contributed by atoms with E-state index in [1.54, 1.807) is 11.3 Å². The number of ether oxygens (including phenoxy) is 1. The topological polar surface area (TPSA) is 48.1 Å². The van der Waals surface area contributed by atoms with E-state index in [9.17, 15) is 0 Å². The molecular weight excluding hydrogens is 232 g/mol. The molecule has 1 rings (SSSR count). The number of nitrogens with zero attached hydrogens (tertiary/aromatic N) is 1. The first-order chi connectivity index (χ1) is 7.94. The Balaban J connectivity index is 2.31. The van der Waals surface area contributed by atoms with Gasteiger partial charge in [-0.1, -0.05) is 6.92 Å². The maximum atomic E-state index is 5.69. The normalized spacial score (nSPS) is 13.9. The summed E-state index contributed by atoms with van der Waals surface area (Å²) in [6, 6.07) is 0. The Morgan fingerprint density at radius 3 is 2.76 bits per heavy atom. The summed E-state index contributed by atoms with van der Waals surface area (Å²) in [5.41, 5.74) is 5.64. The monoisotopic (exact) mass is 256 g/mol. The molecule has 98 valence electrons. The number of hydrogen-bond donors (Lipinski definition) is 1. The van der Waals surface area contributed by atoms with Crippen molar-refractivity contribution in [2.24, 2.45) is 0 Å². The van der Waals surface area contributed by atoms with Gasteiger partial charge in [0.1, 0.15) is 0 Å². The van der Waals surface area contributed by atoms with Gasteiger partial charge in [-0.2, -0.15) is 0 Å². The van der Waals surface area contributed by atoms with Crippen LogP contribution in [0.15, 0.2) is 6.20 Å². The van der Waals surface area contributed by atoms with Gasteiger partial charge in [-0.15, -0.1) is 11.3 Å². The number of hydrogen-bond acceptors (Lipinski definition) is 4. The van der Waals surface area contributed by atoms with E-state index >= 15 is 0 Å². The molecule has 1 heterocycles. The van der Waals surface area contributed by atoms with Crippen LogP contribution in [-0.4, -0.2) is 17.2 Å². The summed E-state index contributed by atoms with van der Waals surface area (Å²) in [4.78, 5) is 5.38. The first-order valence-corrected chi connectivity index (χ1v) is 7.11. The minimum atomic E-state index is 0.00119. The lowest BCUT2D eigenvalue weighted by Crippen LogP contribution is -2.24. The Morgan fingerprint density at radius 1 is 1.53 bits per heavy atom. The molecule has 1 atom stereocenters. The van der Waals surface area contributed by atoms with Gasteiger partial charge in [0, 0.05) is 17.7 Å². The summed E-state index contributed by atoms with van der Waals surface area (Å²) in [5, 5.41) is 0.668. The second kappa shape index (κ2) is 6.36. The summed E-state index contributed by atoms with van der Waals surface area (Å²) >= 11 is 1.60. The lowest BCUT2D eigenvalue weighted by molar-refractivity contribution is -0.0179. The lowest BCUT2D eigenvalue weighted by atomic mass is 9.96. The Hall–Kier alpha value is -0.610. The van der Waals surface area contributed by atoms with E-state index in [4.69, 9.17) is 10.5 Å². The summed E-state index contributed by atoms with van der Waals surface area (Å²) in [6.07, 6.45) is 5.34. The van der Waals surface area contributed by atoms with E-state index in [1.165, 1.54) is 11.3 Å². The highest BCUT2D eigenvalue weighted by molar-refractivity contribution is 7.15. The van der Waals surface area contributed by atoms with E-state index < -0.39 is 0 Å². The van der Waals surface area contributed by atoms with Crippen molar-refractivity contribution in [2.45, 2.75) is 58.5 Å². The van der Waals surface area contributed by atoms with Gasteiger partial charge >= 0.3 is 0 Å². The second-order valence-corrected chi connectivity index (χ2v) is 6.18. The maximum absolute atomic E-state index is 5.69. The van der Waals surface area contributed by atoms with Gasteiger partial charge in [0.25, 0.3) is 0 Å². The second-order valence-electron chi connectivity index (χ2n) is 5.09. The van der Waals surface area contributed by atoms with Crippen LogP contribution in [0.4, 0.5) is 5.13 Å².